The highest BCUT2D eigenvalue weighted by Crippen LogP contribution is 2.70. The number of rotatable bonds is 4. The molecule has 13 rings (SSSR count). The highest BCUT2D eigenvalue weighted by atomic mass is 79.9. The van der Waals surface area contributed by atoms with Crippen LogP contribution in [0.3, 0.4) is 0 Å². The maximum absolute atomic E-state index is 7.20. The molecule has 0 N–H and O–H groups in total. The topological polar surface area (TPSA) is 22.4 Å². The van der Waals surface area contributed by atoms with E-state index in [1.165, 1.54) is 74.3 Å². The van der Waals surface area contributed by atoms with E-state index < -0.39 is 17.1 Å². The van der Waals surface area contributed by atoms with Crippen LogP contribution in [-0.4, -0.2) is 17.1 Å². The van der Waals surface area contributed by atoms with Crippen LogP contribution in [0.15, 0.2) is 186 Å². The van der Waals surface area contributed by atoms with E-state index in [9.17, 15) is 0 Å². The average Bonchev–Trinajstić information content (AvgIpc) is 4.00. The third-order valence-electron chi connectivity index (χ3n) is 13.8. The molecule has 0 spiro atoms. The first-order valence-corrected chi connectivity index (χ1v) is 25.1. The van der Waals surface area contributed by atoms with E-state index in [0.717, 1.165) is 34.8 Å². The van der Waals surface area contributed by atoms with E-state index in [2.05, 4.69) is 214 Å². The van der Waals surface area contributed by atoms with Gasteiger partial charge in [0.15, 0.2) is 8.07 Å². The van der Waals surface area contributed by atoms with Crippen molar-refractivity contribution in [3.63, 3.8) is 0 Å². The molecule has 2 aromatic heterocycles. The van der Waals surface area contributed by atoms with Crippen molar-refractivity contribution in [2.45, 2.75) is 33.7 Å². The second-order valence-corrected chi connectivity index (χ2v) is 24.2. The van der Waals surface area contributed by atoms with Gasteiger partial charge in [-0.15, -0.1) is 11.3 Å². The van der Waals surface area contributed by atoms with Crippen molar-refractivity contribution in [2.24, 2.45) is 0 Å². The Kier molecular flexibility index (Phi) is 7.70. The molecule has 8 aromatic carbocycles. The number of hydrogen-bond donors (Lipinski definition) is 0. The van der Waals surface area contributed by atoms with Crippen molar-refractivity contribution >= 4 is 114 Å². The molecule has 288 valence electrons. The summed E-state index contributed by atoms with van der Waals surface area (Å²) in [4.78, 5) is 0. The maximum atomic E-state index is 7.20. The number of para-hydroxylation sites is 1. The van der Waals surface area contributed by atoms with Crippen molar-refractivity contribution < 1.29 is 9.15 Å². The molecule has 2 bridgehead atoms. The molecule has 60 heavy (non-hydrogen) atoms. The number of ether oxygens (including phenoxy) is 1. The second-order valence-electron chi connectivity index (χ2n) is 16.8. The van der Waals surface area contributed by atoms with E-state index in [1.807, 2.05) is 11.3 Å². The molecular formula is C54H36Br2O2SSi. The summed E-state index contributed by atoms with van der Waals surface area (Å²) in [5.41, 5.74) is 9.48. The summed E-state index contributed by atoms with van der Waals surface area (Å²) in [6.07, 6.45) is 1.85. The fraction of sp³-hybridized carbons (Fsp3) is 0.111. The minimum atomic E-state index is -3.14. The van der Waals surface area contributed by atoms with Gasteiger partial charge in [0, 0.05) is 42.8 Å². The Hall–Kier alpha value is -5.08. The molecule has 4 atom stereocenters. The minimum Gasteiger partial charge on any atom is -0.456 e. The molecule has 10 aromatic rings. The number of benzene rings is 8. The van der Waals surface area contributed by atoms with E-state index in [0.29, 0.717) is 0 Å². The van der Waals surface area contributed by atoms with Crippen molar-refractivity contribution in [1.82, 2.24) is 0 Å². The molecule has 2 fully saturated rings. The van der Waals surface area contributed by atoms with Gasteiger partial charge in [0.25, 0.3) is 0 Å². The predicted molar refractivity (Wildman–Crippen MR) is 260 cm³/mol. The van der Waals surface area contributed by atoms with Crippen LogP contribution in [0.1, 0.15) is 35.8 Å². The van der Waals surface area contributed by atoms with Crippen LogP contribution in [-0.2, 0) is 4.74 Å². The van der Waals surface area contributed by atoms with E-state index in [-0.39, 0.29) is 11.8 Å². The van der Waals surface area contributed by atoms with Gasteiger partial charge in [0.1, 0.15) is 20.2 Å². The summed E-state index contributed by atoms with van der Waals surface area (Å²) in [5, 5.41) is 10.5. The Labute approximate surface area is 369 Å². The monoisotopic (exact) mass is 934 g/mol. The molecule has 4 unspecified atom stereocenters. The van der Waals surface area contributed by atoms with Gasteiger partial charge in [0.05, 0.1) is 0 Å². The number of thiophene rings is 1. The van der Waals surface area contributed by atoms with Gasteiger partial charge >= 0.3 is 0 Å². The first-order chi connectivity index (χ1) is 29.4. The van der Waals surface area contributed by atoms with Crippen LogP contribution in [0.25, 0.3) is 64.4 Å². The molecule has 2 saturated heterocycles. The molecule has 5 heterocycles. The van der Waals surface area contributed by atoms with Crippen LogP contribution < -0.4 is 20.7 Å². The molecule has 0 saturated carbocycles. The van der Waals surface area contributed by atoms with Gasteiger partial charge in [-0.3, -0.25) is 0 Å². The van der Waals surface area contributed by atoms with Gasteiger partial charge < -0.3 is 9.15 Å². The molecule has 3 aliphatic rings. The van der Waals surface area contributed by atoms with Crippen LogP contribution in [0.5, 0.6) is 0 Å². The Morgan fingerprint density at radius 2 is 1.03 bits per heavy atom. The summed E-state index contributed by atoms with van der Waals surface area (Å²) in [6, 6.07) is 68.5. The van der Waals surface area contributed by atoms with Gasteiger partial charge in [0.2, 0.25) is 0 Å². The lowest BCUT2D eigenvalue weighted by molar-refractivity contribution is 0.0620. The zero-order valence-corrected chi connectivity index (χ0v) is 37.4. The Balaban J connectivity index is 1.18. The van der Waals surface area contributed by atoms with E-state index in [1.54, 1.807) is 0 Å². The normalized spacial score (nSPS) is 22.6. The van der Waals surface area contributed by atoms with Crippen LogP contribution in [0.2, 0.25) is 0 Å². The lowest BCUT2D eigenvalue weighted by atomic mass is 9.72. The molecule has 0 amide bonds. The summed E-state index contributed by atoms with van der Waals surface area (Å²) >= 11 is 10.6. The smallest absolute Gasteiger partial charge is 0.180 e. The molecule has 0 aliphatic carbocycles. The van der Waals surface area contributed by atoms with Crippen molar-refractivity contribution in [3.05, 3.63) is 193 Å². The largest absolute Gasteiger partial charge is 0.456 e. The maximum Gasteiger partial charge on any atom is 0.180 e. The molecule has 6 heteroatoms. The van der Waals surface area contributed by atoms with E-state index >= 15 is 0 Å². The Bertz CT molecular complexity index is 3340. The van der Waals surface area contributed by atoms with Crippen LogP contribution in [0.4, 0.5) is 0 Å². The van der Waals surface area contributed by atoms with Crippen molar-refractivity contribution in [3.8, 4) is 22.3 Å². The zero-order valence-electron chi connectivity index (χ0n) is 32.4. The fourth-order valence-corrected chi connectivity index (χ4v) is 20.2. The minimum absolute atomic E-state index is 0.0673. The van der Waals surface area contributed by atoms with Crippen molar-refractivity contribution in [1.29, 1.82) is 0 Å². The highest BCUT2D eigenvalue weighted by Gasteiger charge is 2.69. The first kappa shape index (κ1) is 35.7. The Morgan fingerprint density at radius 3 is 1.72 bits per heavy atom. The summed E-state index contributed by atoms with van der Waals surface area (Å²) in [5.74, 6) is 0.139. The number of halogens is 2. The zero-order chi connectivity index (χ0) is 39.8. The molecule has 0 radical (unpaired) electrons. The number of alkyl halides is 2. The van der Waals surface area contributed by atoms with Gasteiger partial charge in [-0.1, -0.05) is 196 Å². The summed E-state index contributed by atoms with van der Waals surface area (Å²) < 4.78 is 15.3. The number of hydrogen-bond acceptors (Lipinski definition) is 3. The second kappa shape index (κ2) is 13.0. The highest BCUT2D eigenvalue weighted by molar-refractivity contribution is 9.10. The summed E-state index contributed by atoms with van der Waals surface area (Å²) in [6.45, 7) is 0. The summed E-state index contributed by atoms with van der Waals surface area (Å²) in [7, 11) is -3.14. The van der Waals surface area contributed by atoms with Crippen LogP contribution >= 0.6 is 43.2 Å². The lowest BCUT2D eigenvalue weighted by Crippen LogP contribution is -2.75. The lowest BCUT2D eigenvalue weighted by Gasteiger charge is -2.37. The average molecular weight is 937 g/mol. The quantitative estimate of drug-likeness (QED) is 0.130. The molecular weight excluding hydrogens is 901 g/mol. The van der Waals surface area contributed by atoms with E-state index in [4.69, 9.17) is 9.15 Å². The molecule has 2 nitrogen and oxygen atoms in total. The van der Waals surface area contributed by atoms with Crippen LogP contribution in [0, 0.1) is 0 Å². The van der Waals surface area contributed by atoms with Crippen molar-refractivity contribution in [2.75, 3.05) is 0 Å². The number of furan rings is 1. The third kappa shape index (κ3) is 4.83. The predicted octanol–water partition coefficient (Wildman–Crippen LogP) is 12.9. The van der Waals surface area contributed by atoms with Gasteiger partial charge in [-0.2, -0.15) is 0 Å². The fourth-order valence-electron chi connectivity index (χ4n) is 11.4. The first-order valence-electron chi connectivity index (χ1n) is 20.7. The van der Waals surface area contributed by atoms with Gasteiger partial charge in [-0.25, -0.2) is 0 Å². The third-order valence-corrected chi connectivity index (χ3v) is 22.0. The number of fused-ring (bicyclic) bond motifs is 15. The molecule has 3 aliphatic heterocycles. The van der Waals surface area contributed by atoms with Gasteiger partial charge in [-0.05, 0) is 85.2 Å². The standard InChI is InChI=1S/C54H36Br2O2SSi/c55-53-29-30-54(56,58-53)51-43-28-26-34(38-20-11-21-40-39-17-8-10-24-46(39)59-52(38)40)32-48(43)60(35-13-3-1-4-14-35,36-15-5-2-6-16-36)47-31-33(25-27-42(47)50(51)53)37-19-12-23-45-49(37)41-18-7-9-22-44(41)57-45/h1-28,31-32,50-51H,29-30H2. The SMILES string of the molecule is BrC12CCC(Br)(O1)C1c3ccc(-c4cccc5oc6ccccc6c45)cc3[Si](c3ccccc3)(c3ccccc3)c3cc(-c4cccc5c4sc4ccccc45)ccc3C12. The Morgan fingerprint density at radius 1 is 0.500 bits per heavy atom.